The van der Waals surface area contributed by atoms with Crippen molar-refractivity contribution in [1.82, 2.24) is 4.90 Å². The summed E-state index contributed by atoms with van der Waals surface area (Å²) in [5.74, 6) is 0. The number of halogens is 2. The first-order valence-electron chi connectivity index (χ1n) is 11.3. The molecule has 3 rings (SSSR count). The number of hydrogen-bond acceptors (Lipinski definition) is 3. The van der Waals surface area contributed by atoms with E-state index in [2.05, 4.69) is 91.6 Å². The van der Waals surface area contributed by atoms with Crippen molar-refractivity contribution in [3.63, 3.8) is 0 Å². The van der Waals surface area contributed by atoms with Crippen LogP contribution < -0.4 is 0 Å². The normalized spacial score (nSPS) is 19.6. The quantitative estimate of drug-likeness (QED) is 0.289. The molecule has 0 saturated carbocycles. The number of rotatable bonds is 4. The van der Waals surface area contributed by atoms with Crippen LogP contribution in [0.15, 0.2) is 34.3 Å². The van der Waals surface area contributed by atoms with Gasteiger partial charge in [-0.25, -0.2) is 0 Å². The van der Waals surface area contributed by atoms with E-state index in [9.17, 15) is 0 Å². The Labute approximate surface area is 215 Å². The van der Waals surface area contributed by atoms with Crippen LogP contribution in [0.1, 0.15) is 60.1 Å². The topological polar surface area (TPSA) is 28.0 Å². The molecule has 0 aromatic heterocycles. The maximum atomic E-state index is 5.08. The van der Waals surface area contributed by atoms with Gasteiger partial charge in [-0.3, -0.25) is 14.9 Å². The second-order valence-electron chi connectivity index (χ2n) is 9.33. The van der Waals surface area contributed by atoms with Crippen molar-refractivity contribution in [3.8, 4) is 0 Å². The Bertz CT molecular complexity index is 918. The van der Waals surface area contributed by atoms with Crippen molar-refractivity contribution in [2.45, 2.75) is 80.3 Å². The molecule has 0 bridgehead atoms. The van der Waals surface area contributed by atoms with Gasteiger partial charge in [0.2, 0.25) is 0 Å². The molecule has 0 amide bonds. The average molecular weight is 530 g/mol. The number of likely N-dealkylation sites (tertiary alicyclic amines) is 1. The van der Waals surface area contributed by atoms with Gasteiger partial charge in [-0.2, -0.15) is 0 Å². The van der Waals surface area contributed by atoms with Crippen LogP contribution in [0.4, 0.5) is 11.4 Å². The predicted octanol–water partition coefficient (Wildman–Crippen LogP) is 8.26. The number of benzene rings is 2. The number of nitrogens with zero attached hydrogens (tertiary/aromatic N) is 3. The van der Waals surface area contributed by atoms with Crippen LogP contribution >= 0.6 is 20.2 Å². The Morgan fingerprint density at radius 2 is 1.00 bits per heavy atom. The van der Waals surface area contributed by atoms with Crippen molar-refractivity contribution in [1.29, 1.82) is 0 Å². The average Bonchev–Trinajstić information content (AvgIpc) is 3.09. The molecule has 0 spiro atoms. The summed E-state index contributed by atoms with van der Waals surface area (Å²) in [5.41, 5.74) is 12.3. The van der Waals surface area contributed by atoms with Crippen LogP contribution in [0, 0.1) is 41.5 Å². The summed E-state index contributed by atoms with van der Waals surface area (Å²) in [6, 6.07) is 9.63. The molecule has 1 saturated heterocycles. The van der Waals surface area contributed by atoms with Crippen molar-refractivity contribution in [2.75, 3.05) is 7.05 Å². The molecule has 1 fully saturated rings. The van der Waals surface area contributed by atoms with Gasteiger partial charge in [-0.15, -0.1) is 0 Å². The minimum atomic E-state index is 0.194. The summed E-state index contributed by atoms with van der Waals surface area (Å²) >= 11 is 0.194. The van der Waals surface area contributed by atoms with Crippen LogP contribution in [0.25, 0.3) is 0 Å². The van der Waals surface area contributed by atoms with Gasteiger partial charge in [-0.05, 0) is 97.5 Å². The number of hydrogen-bond donors (Lipinski definition) is 0. The standard InChI is InChI=1S/C27H37N3.2ClH.Fe/c1-16-12-18(3)26(19(4)13-16)28-22(7)24-10-11-25(30(24)9)23(8)29-27-20(5)14-17(2)15-21(27)6;;;/h12-15,24-25H,10-11H2,1-9H3;2*1H;/q;;;+2/p-2. The monoisotopic (exact) mass is 529 g/mol. The van der Waals surface area contributed by atoms with E-state index in [4.69, 9.17) is 30.2 Å². The molecule has 1 aliphatic rings. The Hall–Kier alpha value is -1.16. The Morgan fingerprint density at radius 3 is 1.27 bits per heavy atom. The SMILES string of the molecule is CC(=Nc1c(C)cc(C)cc1C)C1CCC(C(C)=Nc2c(C)cc(C)cc2C)N1C.[Cl][Fe][Cl]. The fourth-order valence-electron chi connectivity index (χ4n) is 5.15. The minimum absolute atomic E-state index is 0.194. The first-order valence-corrected chi connectivity index (χ1v) is 14.4. The first kappa shape index (κ1) is 28.1. The molecule has 2 unspecified atom stereocenters. The third-order valence-corrected chi connectivity index (χ3v) is 6.51. The van der Waals surface area contributed by atoms with Gasteiger partial charge in [0.05, 0.1) is 11.4 Å². The van der Waals surface area contributed by atoms with Crippen LogP contribution in [0.5, 0.6) is 0 Å². The zero-order valence-electron chi connectivity index (χ0n) is 21.3. The summed E-state index contributed by atoms with van der Waals surface area (Å²) < 4.78 is 0. The molecule has 0 radical (unpaired) electrons. The molecule has 1 heterocycles. The van der Waals surface area contributed by atoms with E-state index in [0.29, 0.717) is 12.1 Å². The van der Waals surface area contributed by atoms with Crippen LogP contribution in [-0.2, 0) is 13.1 Å². The van der Waals surface area contributed by atoms with Crippen LogP contribution in [0.2, 0.25) is 0 Å². The van der Waals surface area contributed by atoms with Gasteiger partial charge in [0.1, 0.15) is 0 Å². The maximum absolute atomic E-state index is 5.08. The second-order valence-corrected chi connectivity index (χ2v) is 11.1. The molecule has 182 valence electrons. The predicted molar refractivity (Wildman–Crippen MR) is 143 cm³/mol. The van der Waals surface area contributed by atoms with E-state index in [1.165, 1.54) is 44.8 Å². The summed E-state index contributed by atoms with van der Waals surface area (Å²) in [7, 11) is 11.8. The summed E-state index contributed by atoms with van der Waals surface area (Å²) in [6.07, 6.45) is 2.25. The molecule has 0 N–H and O–H groups in total. The Balaban J connectivity index is 0.00000122. The fraction of sp³-hybridized carbons (Fsp3) is 0.481. The molecule has 0 aliphatic carbocycles. The van der Waals surface area contributed by atoms with Gasteiger partial charge in [0, 0.05) is 23.5 Å². The zero-order valence-corrected chi connectivity index (χ0v) is 23.9. The number of aliphatic imine (C=N–C) groups is 2. The van der Waals surface area contributed by atoms with E-state index < -0.39 is 0 Å². The fourth-order valence-corrected chi connectivity index (χ4v) is 5.15. The van der Waals surface area contributed by atoms with E-state index in [-0.39, 0.29) is 13.1 Å². The van der Waals surface area contributed by atoms with Crippen molar-refractivity contribution < 1.29 is 13.1 Å². The summed E-state index contributed by atoms with van der Waals surface area (Å²) in [4.78, 5) is 12.6. The molecule has 2 aromatic rings. The van der Waals surface area contributed by atoms with Crippen molar-refractivity contribution >= 4 is 43.0 Å². The van der Waals surface area contributed by atoms with E-state index >= 15 is 0 Å². The number of aryl methyl sites for hydroxylation is 6. The van der Waals surface area contributed by atoms with Crippen LogP contribution in [0.3, 0.4) is 0 Å². The van der Waals surface area contributed by atoms with Gasteiger partial charge >= 0.3 is 33.3 Å². The summed E-state index contributed by atoms with van der Waals surface area (Å²) in [5, 5.41) is 0. The third-order valence-electron chi connectivity index (χ3n) is 6.51. The molecule has 33 heavy (non-hydrogen) atoms. The van der Waals surface area contributed by atoms with Crippen molar-refractivity contribution in [2.24, 2.45) is 9.98 Å². The van der Waals surface area contributed by atoms with Gasteiger partial charge in [-0.1, -0.05) is 35.4 Å². The molecule has 1 aliphatic heterocycles. The van der Waals surface area contributed by atoms with Gasteiger partial charge < -0.3 is 0 Å². The second kappa shape index (κ2) is 12.5. The van der Waals surface area contributed by atoms with Crippen LogP contribution in [-0.4, -0.2) is 35.5 Å². The molecular weight excluding hydrogens is 493 g/mol. The summed E-state index contributed by atoms with van der Waals surface area (Å²) in [6.45, 7) is 17.3. The van der Waals surface area contributed by atoms with Gasteiger partial charge in [0.15, 0.2) is 0 Å². The molecule has 2 aromatic carbocycles. The van der Waals surface area contributed by atoms with Gasteiger partial charge in [0.25, 0.3) is 0 Å². The molecule has 6 heteroatoms. The molecular formula is C27H37Cl2FeN3. The van der Waals surface area contributed by atoms with E-state index in [1.807, 2.05) is 0 Å². The van der Waals surface area contributed by atoms with Crippen molar-refractivity contribution in [3.05, 3.63) is 57.6 Å². The first-order chi connectivity index (χ1) is 15.5. The van der Waals surface area contributed by atoms with E-state index in [0.717, 1.165) is 24.2 Å². The van der Waals surface area contributed by atoms with E-state index in [1.54, 1.807) is 0 Å². The zero-order chi connectivity index (χ0) is 24.9. The third kappa shape index (κ3) is 7.16. The molecule has 3 nitrogen and oxygen atoms in total. The molecule has 2 atom stereocenters. The Kier molecular flexibility index (Phi) is 10.6. The Morgan fingerprint density at radius 1 is 0.727 bits per heavy atom.